The maximum absolute atomic E-state index is 11.4. The summed E-state index contributed by atoms with van der Waals surface area (Å²) in [6, 6.07) is 6.63. The topological polar surface area (TPSA) is 38.3 Å². The SMILES string of the molecule is CCCCCCCCCCCCCC(Cl)(Cl)C(Cl)(Cl)c1cccc(OC(=O)NC)c1. The van der Waals surface area contributed by atoms with Gasteiger partial charge in [-0.05, 0) is 24.1 Å². The third-order valence-electron chi connectivity index (χ3n) is 5.16. The van der Waals surface area contributed by atoms with Crippen molar-refractivity contribution >= 4 is 52.5 Å². The first-order chi connectivity index (χ1) is 14.2. The Hall–Kier alpha value is -0.350. The summed E-state index contributed by atoms with van der Waals surface area (Å²) in [5.74, 6) is 0.316. The van der Waals surface area contributed by atoms with E-state index in [1.165, 1.54) is 58.4 Å². The molecule has 0 aromatic heterocycles. The van der Waals surface area contributed by atoms with Crippen LogP contribution in [-0.2, 0) is 4.33 Å². The van der Waals surface area contributed by atoms with Crippen molar-refractivity contribution in [1.29, 1.82) is 0 Å². The minimum atomic E-state index is -1.53. The number of ether oxygens (including phenoxy) is 1. The molecule has 0 bridgehead atoms. The highest BCUT2D eigenvalue weighted by molar-refractivity contribution is 6.62. The summed E-state index contributed by atoms with van der Waals surface area (Å²) in [5, 5.41) is 2.39. The van der Waals surface area contributed by atoms with Crippen LogP contribution in [0, 0.1) is 0 Å². The number of hydrogen-bond acceptors (Lipinski definition) is 2. The predicted octanol–water partition coefficient (Wildman–Crippen LogP) is 8.91. The number of hydrogen-bond donors (Lipinski definition) is 1. The third kappa shape index (κ3) is 9.85. The average Bonchev–Trinajstić information content (AvgIpc) is 2.72. The first-order valence-electron chi connectivity index (χ1n) is 11.0. The second kappa shape index (κ2) is 14.7. The van der Waals surface area contributed by atoms with Crippen LogP contribution in [0.15, 0.2) is 24.3 Å². The number of unbranched alkanes of at least 4 members (excludes halogenated alkanes) is 10. The van der Waals surface area contributed by atoms with Crippen molar-refractivity contribution in [2.45, 2.75) is 92.6 Å². The van der Waals surface area contributed by atoms with Crippen molar-refractivity contribution in [2.75, 3.05) is 7.05 Å². The molecule has 1 N–H and O–H groups in total. The van der Waals surface area contributed by atoms with Gasteiger partial charge in [0.1, 0.15) is 5.75 Å². The Kier molecular flexibility index (Phi) is 13.5. The van der Waals surface area contributed by atoms with Gasteiger partial charge >= 0.3 is 6.09 Å². The highest BCUT2D eigenvalue weighted by atomic mass is 35.5. The lowest BCUT2D eigenvalue weighted by Gasteiger charge is -2.33. The summed E-state index contributed by atoms with van der Waals surface area (Å²) in [4.78, 5) is 11.4. The number of benzene rings is 1. The first-order valence-corrected chi connectivity index (χ1v) is 12.5. The molecule has 0 aliphatic heterocycles. The number of halogens is 4. The quantitative estimate of drug-likeness (QED) is 0.193. The molecule has 0 unspecified atom stereocenters. The van der Waals surface area contributed by atoms with Gasteiger partial charge in [-0.2, -0.15) is 0 Å². The molecule has 0 heterocycles. The molecule has 172 valence electrons. The van der Waals surface area contributed by atoms with Gasteiger partial charge in [-0.25, -0.2) is 4.79 Å². The second-order valence-corrected chi connectivity index (χ2v) is 10.5. The molecular weight excluding hydrogens is 464 g/mol. The summed E-state index contributed by atoms with van der Waals surface area (Å²) in [6.45, 7) is 2.24. The van der Waals surface area contributed by atoms with Crippen LogP contribution in [0.3, 0.4) is 0 Å². The Morgan fingerprint density at radius 2 is 1.43 bits per heavy atom. The molecule has 0 aliphatic carbocycles. The highest BCUT2D eigenvalue weighted by Crippen LogP contribution is 2.53. The Labute approximate surface area is 202 Å². The van der Waals surface area contributed by atoms with Crippen LogP contribution in [0.2, 0.25) is 0 Å². The zero-order valence-corrected chi connectivity index (χ0v) is 21.1. The zero-order chi connectivity index (χ0) is 22.5. The maximum atomic E-state index is 11.4. The third-order valence-corrected chi connectivity index (χ3v) is 7.58. The summed E-state index contributed by atoms with van der Waals surface area (Å²) in [5.41, 5.74) is 0.486. The lowest BCUT2D eigenvalue weighted by atomic mass is 10.0. The van der Waals surface area contributed by atoms with Crippen molar-refractivity contribution < 1.29 is 9.53 Å². The van der Waals surface area contributed by atoms with Gasteiger partial charge in [0.25, 0.3) is 0 Å². The van der Waals surface area contributed by atoms with Crippen LogP contribution in [0.1, 0.15) is 89.5 Å². The molecule has 1 aromatic rings. The van der Waals surface area contributed by atoms with E-state index in [-0.39, 0.29) is 0 Å². The van der Waals surface area contributed by atoms with Gasteiger partial charge in [0.05, 0.1) is 0 Å². The maximum Gasteiger partial charge on any atom is 0.412 e. The van der Waals surface area contributed by atoms with E-state index in [9.17, 15) is 4.79 Å². The molecule has 0 saturated heterocycles. The van der Waals surface area contributed by atoms with Crippen molar-refractivity contribution in [3.63, 3.8) is 0 Å². The minimum Gasteiger partial charge on any atom is -0.410 e. The van der Waals surface area contributed by atoms with E-state index in [0.717, 1.165) is 19.3 Å². The van der Waals surface area contributed by atoms with Crippen molar-refractivity contribution in [1.82, 2.24) is 5.32 Å². The lowest BCUT2D eigenvalue weighted by Crippen LogP contribution is -2.34. The molecule has 3 nitrogen and oxygen atoms in total. The van der Waals surface area contributed by atoms with Gasteiger partial charge in [-0.1, -0.05) is 136 Å². The molecule has 1 amide bonds. The smallest absolute Gasteiger partial charge is 0.410 e. The Morgan fingerprint density at radius 3 is 1.97 bits per heavy atom. The molecule has 0 spiro atoms. The zero-order valence-electron chi connectivity index (χ0n) is 18.1. The van der Waals surface area contributed by atoms with Crippen LogP contribution in [-0.4, -0.2) is 17.5 Å². The van der Waals surface area contributed by atoms with E-state index in [1.807, 2.05) is 0 Å². The molecule has 0 fully saturated rings. The number of rotatable bonds is 15. The average molecular weight is 499 g/mol. The highest BCUT2D eigenvalue weighted by Gasteiger charge is 2.48. The van der Waals surface area contributed by atoms with Crippen LogP contribution >= 0.6 is 46.4 Å². The summed E-state index contributed by atoms with van der Waals surface area (Å²) < 4.78 is 2.24. The van der Waals surface area contributed by atoms with Crippen molar-refractivity contribution in [3.8, 4) is 5.75 Å². The van der Waals surface area contributed by atoms with E-state index < -0.39 is 14.8 Å². The van der Waals surface area contributed by atoms with Gasteiger partial charge in [-0.15, -0.1) is 0 Å². The van der Waals surface area contributed by atoms with Gasteiger partial charge in [-0.3, -0.25) is 0 Å². The van der Waals surface area contributed by atoms with Crippen LogP contribution in [0.4, 0.5) is 4.79 Å². The van der Waals surface area contributed by atoms with E-state index >= 15 is 0 Å². The fourth-order valence-corrected chi connectivity index (χ4v) is 4.20. The largest absolute Gasteiger partial charge is 0.412 e. The molecule has 30 heavy (non-hydrogen) atoms. The monoisotopic (exact) mass is 497 g/mol. The molecule has 1 aromatic carbocycles. The molecule has 0 radical (unpaired) electrons. The first kappa shape index (κ1) is 27.7. The fraction of sp³-hybridized carbons (Fsp3) is 0.696. The van der Waals surface area contributed by atoms with Gasteiger partial charge in [0.2, 0.25) is 0 Å². The van der Waals surface area contributed by atoms with E-state index in [2.05, 4.69) is 12.2 Å². The summed E-state index contributed by atoms with van der Waals surface area (Å²) in [6.07, 6.45) is 13.5. The molecule has 7 heteroatoms. The lowest BCUT2D eigenvalue weighted by molar-refractivity contribution is 0.203. The van der Waals surface area contributed by atoms with Gasteiger partial charge < -0.3 is 10.1 Å². The van der Waals surface area contributed by atoms with Crippen molar-refractivity contribution in [3.05, 3.63) is 29.8 Å². The fourth-order valence-electron chi connectivity index (χ4n) is 3.29. The Bertz CT molecular complexity index is 623. The molecule has 0 atom stereocenters. The summed E-state index contributed by atoms with van der Waals surface area (Å²) >= 11 is 26.3. The molecule has 1 rings (SSSR count). The van der Waals surface area contributed by atoms with E-state index in [1.54, 1.807) is 24.3 Å². The minimum absolute atomic E-state index is 0.316. The number of nitrogens with one attached hydrogen (secondary N) is 1. The van der Waals surface area contributed by atoms with E-state index in [4.69, 9.17) is 51.1 Å². The Balaban J connectivity index is 2.40. The van der Waals surface area contributed by atoms with Crippen LogP contribution < -0.4 is 10.1 Å². The number of amides is 1. The van der Waals surface area contributed by atoms with E-state index in [0.29, 0.717) is 17.7 Å². The molecule has 0 saturated carbocycles. The number of alkyl halides is 4. The number of carbonyl (C=O) groups is 1. The van der Waals surface area contributed by atoms with Crippen LogP contribution in [0.5, 0.6) is 5.75 Å². The molecule has 0 aliphatic rings. The standard InChI is InChI=1S/C23H35Cl4NO2/c1-3-4-5-6-7-8-9-10-11-12-13-17-22(24,25)23(26,27)19-15-14-16-20(18-19)30-21(29)28-2/h14-16,18H,3-13,17H2,1-2H3,(H,28,29). The van der Waals surface area contributed by atoms with Crippen molar-refractivity contribution in [2.24, 2.45) is 0 Å². The van der Waals surface area contributed by atoms with Gasteiger partial charge in [0.15, 0.2) is 8.67 Å². The predicted molar refractivity (Wildman–Crippen MR) is 130 cm³/mol. The Morgan fingerprint density at radius 1 is 0.900 bits per heavy atom. The summed E-state index contributed by atoms with van der Waals surface area (Å²) in [7, 11) is 1.48. The normalized spacial score (nSPS) is 12.1. The number of carbonyl (C=O) groups excluding carboxylic acids is 1. The second-order valence-electron chi connectivity index (χ2n) is 7.73. The van der Waals surface area contributed by atoms with Gasteiger partial charge in [0, 0.05) is 7.05 Å². The molecular formula is C23H35Cl4NO2. The van der Waals surface area contributed by atoms with Crippen LogP contribution in [0.25, 0.3) is 0 Å².